The fraction of sp³-hybridized carbons (Fsp3) is 0.621. The van der Waals surface area contributed by atoms with Crippen LogP contribution in [0.15, 0.2) is 33.3 Å². The van der Waals surface area contributed by atoms with Gasteiger partial charge in [-0.15, -0.1) is 0 Å². The number of likely N-dealkylation sites (tertiary alicyclic amines) is 1. The molecule has 2 heterocycles. The molecule has 0 bridgehead atoms. The molecular formula is C29H41NO9. The first-order chi connectivity index (χ1) is 18.7. The lowest BCUT2D eigenvalue weighted by atomic mass is 9.68. The average Bonchev–Trinajstić information content (AvgIpc) is 3.47. The molecule has 3 rings (SSSR count). The molecule has 0 saturated carbocycles. The van der Waals surface area contributed by atoms with Gasteiger partial charge in [-0.2, -0.15) is 0 Å². The largest absolute Gasteiger partial charge is 0.481 e. The third-order valence-corrected chi connectivity index (χ3v) is 7.80. The number of rotatable bonds is 16. The van der Waals surface area contributed by atoms with Crippen LogP contribution in [0.2, 0.25) is 0 Å². The number of fused-ring (bicyclic) bond motifs is 1. The summed E-state index contributed by atoms with van der Waals surface area (Å²) in [5.74, 6) is -2.44. The van der Waals surface area contributed by atoms with Gasteiger partial charge in [-0.3, -0.25) is 19.3 Å². The summed E-state index contributed by atoms with van der Waals surface area (Å²) in [5, 5.41) is 39.8. The topological polar surface area (TPSA) is 158 Å². The Morgan fingerprint density at radius 3 is 2.56 bits per heavy atom. The number of hydrogen-bond donors (Lipinski definition) is 4. The number of furan rings is 1. The Hall–Kier alpha value is -2.79. The molecule has 0 unspecified atom stereocenters. The third-order valence-electron chi connectivity index (χ3n) is 7.80. The van der Waals surface area contributed by atoms with Crippen molar-refractivity contribution in [3.63, 3.8) is 0 Å². The summed E-state index contributed by atoms with van der Waals surface area (Å²) in [6.07, 6.45) is 4.52. The number of aliphatic hydroxyl groups excluding tert-OH is 3. The van der Waals surface area contributed by atoms with Crippen LogP contribution in [0.25, 0.3) is 6.08 Å². The van der Waals surface area contributed by atoms with Crippen molar-refractivity contribution in [3.05, 3.63) is 40.4 Å². The van der Waals surface area contributed by atoms with E-state index in [9.17, 15) is 29.7 Å². The molecule has 2 aliphatic rings. The zero-order valence-corrected chi connectivity index (χ0v) is 22.8. The van der Waals surface area contributed by atoms with Gasteiger partial charge >= 0.3 is 5.97 Å². The number of allylic oxidation sites excluding steroid dienone is 1. The van der Waals surface area contributed by atoms with E-state index in [1.54, 1.807) is 12.1 Å². The number of aliphatic hydroxyl groups is 3. The highest BCUT2D eigenvalue weighted by Gasteiger charge is 2.54. The summed E-state index contributed by atoms with van der Waals surface area (Å²) in [5.41, 5.74) is 2.37. The fourth-order valence-electron chi connectivity index (χ4n) is 5.86. The number of carbonyl (C=O) groups is 3. The van der Waals surface area contributed by atoms with E-state index in [1.165, 1.54) is 12.0 Å². The number of carbonyl (C=O) groups excluding carboxylic acids is 2. The maximum absolute atomic E-state index is 13.4. The quantitative estimate of drug-likeness (QED) is 0.139. The van der Waals surface area contributed by atoms with E-state index in [1.807, 2.05) is 13.0 Å². The van der Waals surface area contributed by atoms with Crippen LogP contribution in [0.4, 0.5) is 0 Å². The van der Waals surface area contributed by atoms with Crippen LogP contribution in [-0.4, -0.2) is 76.1 Å². The summed E-state index contributed by atoms with van der Waals surface area (Å²) >= 11 is 0. The van der Waals surface area contributed by atoms with Gasteiger partial charge in [0, 0.05) is 26.0 Å². The van der Waals surface area contributed by atoms with Crippen molar-refractivity contribution in [3.8, 4) is 0 Å². The number of ether oxygens (including phenoxy) is 1. The highest BCUT2D eigenvalue weighted by Crippen LogP contribution is 2.46. The Morgan fingerprint density at radius 2 is 1.95 bits per heavy atom. The van der Waals surface area contributed by atoms with E-state index in [-0.39, 0.29) is 51.0 Å². The molecule has 1 saturated heterocycles. The number of nitrogens with zero attached hydrogens (tertiary/aromatic N) is 1. The average molecular weight is 548 g/mol. The summed E-state index contributed by atoms with van der Waals surface area (Å²) in [6, 6.07) is 3.49. The van der Waals surface area contributed by atoms with Gasteiger partial charge in [0.1, 0.15) is 18.1 Å². The molecule has 1 fully saturated rings. The Morgan fingerprint density at radius 1 is 1.18 bits per heavy atom. The Labute approximate surface area is 228 Å². The first-order valence-corrected chi connectivity index (χ1v) is 13.7. The zero-order valence-electron chi connectivity index (χ0n) is 22.8. The van der Waals surface area contributed by atoms with E-state index in [0.29, 0.717) is 49.2 Å². The number of carboxylic acid groups (broad SMARTS) is 1. The minimum atomic E-state index is -0.930. The highest BCUT2D eigenvalue weighted by molar-refractivity contribution is 6.05. The van der Waals surface area contributed by atoms with E-state index in [0.717, 1.165) is 17.6 Å². The third kappa shape index (κ3) is 7.45. The monoisotopic (exact) mass is 547 g/mol. The molecule has 1 aromatic heterocycles. The second-order valence-corrected chi connectivity index (χ2v) is 10.3. The van der Waals surface area contributed by atoms with Crippen molar-refractivity contribution in [1.82, 2.24) is 4.90 Å². The molecule has 1 aromatic rings. The predicted molar refractivity (Wildman–Crippen MR) is 142 cm³/mol. The van der Waals surface area contributed by atoms with Crippen LogP contribution in [0.3, 0.4) is 0 Å². The van der Waals surface area contributed by atoms with Crippen LogP contribution in [0, 0.1) is 17.8 Å². The standard InChI is InChI=1S/C29H41NO9/c1-3-18(13-20-9-10-21(15-31)39-20)8-11-24(33)26-19(17-38-2)14-22-27(23(26)16-32)29(37)30(28(22)36)12-6-4-5-7-25(34)35/h9-10,13,22-24,27,31-33H,3-8,11-12,14-17H2,1-2H3,(H,34,35)/b18-13+/t22-,23+,24-,27-/m1/s1. The van der Waals surface area contributed by atoms with Crippen LogP contribution < -0.4 is 0 Å². The lowest BCUT2D eigenvalue weighted by Gasteiger charge is -2.36. The number of hydrogen-bond acceptors (Lipinski definition) is 8. The van der Waals surface area contributed by atoms with Crippen LogP contribution in [0.1, 0.15) is 69.8 Å². The molecule has 4 atom stereocenters. The van der Waals surface area contributed by atoms with Gasteiger partial charge in [0.15, 0.2) is 0 Å². The normalized spacial score (nSPS) is 22.5. The number of amides is 2. The summed E-state index contributed by atoms with van der Waals surface area (Å²) in [6.45, 7) is 1.85. The molecule has 2 amide bonds. The number of carboxylic acids is 1. The van der Waals surface area contributed by atoms with Crippen LogP contribution in [0.5, 0.6) is 0 Å². The molecular weight excluding hydrogens is 506 g/mol. The highest BCUT2D eigenvalue weighted by atomic mass is 16.5. The van der Waals surface area contributed by atoms with E-state index in [2.05, 4.69) is 0 Å². The molecule has 216 valence electrons. The first-order valence-electron chi connectivity index (χ1n) is 13.7. The Kier molecular flexibility index (Phi) is 11.5. The van der Waals surface area contributed by atoms with Gasteiger partial charge in [-0.1, -0.05) is 18.9 Å². The molecule has 39 heavy (non-hydrogen) atoms. The number of methoxy groups -OCH3 is 1. The summed E-state index contributed by atoms with van der Waals surface area (Å²) in [7, 11) is 1.53. The van der Waals surface area contributed by atoms with Gasteiger partial charge in [-0.05, 0) is 67.9 Å². The number of aliphatic carboxylic acids is 1. The summed E-state index contributed by atoms with van der Waals surface area (Å²) < 4.78 is 10.9. The Bertz CT molecular complexity index is 1070. The van der Waals surface area contributed by atoms with Gasteiger partial charge in [0.2, 0.25) is 11.8 Å². The number of unbranched alkanes of at least 4 members (excludes halogenated alkanes) is 2. The van der Waals surface area contributed by atoms with E-state index >= 15 is 0 Å². The lowest BCUT2D eigenvalue weighted by Crippen LogP contribution is -2.39. The van der Waals surface area contributed by atoms with Gasteiger partial charge in [0.05, 0.1) is 31.2 Å². The van der Waals surface area contributed by atoms with Gasteiger partial charge < -0.3 is 29.6 Å². The Balaban J connectivity index is 1.75. The fourth-order valence-corrected chi connectivity index (χ4v) is 5.86. The van der Waals surface area contributed by atoms with Gasteiger partial charge in [-0.25, -0.2) is 0 Å². The van der Waals surface area contributed by atoms with E-state index in [4.69, 9.17) is 14.3 Å². The van der Waals surface area contributed by atoms with Crippen LogP contribution in [-0.2, 0) is 25.7 Å². The van der Waals surface area contributed by atoms with Crippen molar-refractivity contribution in [2.75, 3.05) is 26.9 Å². The second kappa shape index (κ2) is 14.6. The lowest BCUT2D eigenvalue weighted by molar-refractivity contribution is -0.141. The first kappa shape index (κ1) is 30.7. The maximum atomic E-state index is 13.4. The molecule has 1 aliphatic carbocycles. The maximum Gasteiger partial charge on any atom is 0.303 e. The van der Waals surface area contributed by atoms with Crippen LogP contribution >= 0.6 is 0 Å². The molecule has 10 nitrogen and oxygen atoms in total. The van der Waals surface area contributed by atoms with Crippen molar-refractivity contribution >= 4 is 23.9 Å². The minimum Gasteiger partial charge on any atom is -0.481 e. The summed E-state index contributed by atoms with van der Waals surface area (Å²) in [4.78, 5) is 38.6. The predicted octanol–water partition coefficient (Wildman–Crippen LogP) is 2.91. The van der Waals surface area contributed by atoms with E-state index < -0.39 is 29.8 Å². The molecule has 10 heteroatoms. The minimum absolute atomic E-state index is 0.0470. The SMILES string of the molecule is CC/C(=C\c1ccc(CO)o1)CC[C@@H](O)C1=C(COC)C[C@H]2C(=O)N(CCCCCC(=O)O)C(=O)[C@H]2[C@H]1CO. The molecule has 4 N–H and O–H groups in total. The zero-order chi connectivity index (χ0) is 28.5. The van der Waals surface area contributed by atoms with Crippen molar-refractivity contribution in [2.24, 2.45) is 17.8 Å². The molecule has 0 spiro atoms. The van der Waals surface area contributed by atoms with Crippen molar-refractivity contribution in [2.45, 2.75) is 71.0 Å². The number of imide groups is 1. The second-order valence-electron chi connectivity index (χ2n) is 10.3. The van der Waals surface area contributed by atoms with Crippen molar-refractivity contribution < 1.29 is 44.0 Å². The smallest absolute Gasteiger partial charge is 0.303 e. The van der Waals surface area contributed by atoms with Crippen molar-refractivity contribution in [1.29, 1.82) is 0 Å². The molecule has 1 aliphatic heterocycles. The molecule has 0 aromatic carbocycles. The van der Waals surface area contributed by atoms with Gasteiger partial charge in [0.25, 0.3) is 0 Å². The molecule has 0 radical (unpaired) electrons.